The maximum absolute atomic E-state index is 13.4. The van der Waals surface area contributed by atoms with Gasteiger partial charge in [0.25, 0.3) is 0 Å². The zero-order valence-corrected chi connectivity index (χ0v) is 24.8. The molecule has 0 spiro atoms. The first-order valence-electron chi connectivity index (χ1n) is 14.4. The zero-order chi connectivity index (χ0) is 30.0. The van der Waals surface area contributed by atoms with Gasteiger partial charge in [0.2, 0.25) is 0 Å². The van der Waals surface area contributed by atoms with Gasteiger partial charge in [0.15, 0.2) is 0 Å². The fourth-order valence-electron chi connectivity index (χ4n) is 5.06. The highest BCUT2D eigenvalue weighted by Crippen LogP contribution is 2.33. The van der Waals surface area contributed by atoms with Crippen LogP contribution >= 0.6 is 0 Å². The summed E-state index contributed by atoms with van der Waals surface area (Å²) in [5, 5.41) is 12.9. The highest BCUT2D eigenvalue weighted by Gasteiger charge is 2.22. The number of pyridine rings is 2. The summed E-state index contributed by atoms with van der Waals surface area (Å²) in [5.74, 6) is 0.599. The van der Waals surface area contributed by atoms with Gasteiger partial charge >= 0.3 is 6.03 Å². The Kier molecular flexibility index (Phi) is 7.47. The van der Waals surface area contributed by atoms with Crippen molar-refractivity contribution in [3.8, 4) is 16.9 Å². The molecule has 0 bridgehead atoms. The molecule has 0 saturated carbocycles. The largest absolute Gasteiger partial charge is 0.324 e. The van der Waals surface area contributed by atoms with Crippen molar-refractivity contribution in [2.24, 2.45) is 0 Å². The van der Waals surface area contributed by atoms with Crippen LogP contribution in [0.5, 0.6) is 0 Å². The smallest absolute Gasteiger partial charge is 0.307 e. The molecule has 0 aliphatic carbocycles. The standard InChI is InChI=1S/C36H34N6O/c1-24-14-16-27(17-15-24)42-34(22-33(41-42)36(2,3)4)40-35(43)39-32-19-18-30(28-11-5-6-12-29(28)32)31-13-7-10-26(38-31)21-25-9-8-20-37-23-25/h5-20,22-23H,21H2,1-4H3,(H2,39,40,43). The highest BCUT2D eigenvalue weighted by molar-refractivity contribution is 6.09. The number of anilines is 2. The van der Waals surface area contributed by atoms with E-state index in [2.05, 4.69) is 48.5 Å². The maximum Gasteiger partial charge on any atom is 0.324 e. The van der Waals surface area contributed by atoms with E-state index < -0.39 is 0 Å². The minimum atomic E-state index is -0.344. The second kappa shape index (κ2) is 11.5. The number of fused-ring (bicyclic) bond motifs is 1. The lowest BCUT2D eigenvalue weighted by molar-refractivity contribution is 0.262. The number of hydrogen-bond donors (Lipinski definition) is 2. The summed E-state index contributed by atoms with van der Waals surface area (Å²) < 4.78 is 1.78. The van der Waals surface area contributed by atoms with E-state index in [-0.39, 0.29) is 11.4 Å². The van der Waals surface area contributed by atoms with Crippen LogP contribution in [0, 0.1) is 6.92 Å². The van der Waals surface area contributed by atoms with E-state index in [9.17, 15) is 4.79 Å². The second-order valence-corrected chi connectivity index (χ2v) is 11.7. The topological polar surface area (TPSA) is 84.7 Å². The van der Waals surface area contributed by atoms with Crippen LogP contribution in [-0.2, 0) is 11.8 Å². The lowest BCUT2D eigenvalue weighted by atomic mass is 9.92. The molecule has 0 fully saturated rings. The first-order valence-corrected chi connectivity index (χ1v) is 14.4. The SMILES string of the molecule is Cc1ccc(-n2nc(C(C)(C)C)cc2NC(=O)Nc2ccc(-c3cccc(Cc4cccnc4)n3)c3ccccc23)cc1. The third kappa shape index (κ3) is 6.16. The van der Waals surface area contributed by atoms with Crippen molar-refractivity contribution in [3.05, 3.63) is 132 Å². The van der Waals surface area contributed by atoms with Crippen LogP contribution < -0.4 is 10.6 Å². The average Bonchev–Trinajstić information content (AvgIpc) is 3.43. The van der Waals surface area contributed by atoms with E-state index in [1.54, 1.807) is 10.9 Å². The molecule has 3 aromatic heterocycles. The molecule has 0 aliphatic heterocycles. The minimum absolute atomic E-state index is 0.182. The number of aryl methyl sites for hydroxylation is 1. The molecule has 0 radical (unpaired) electrons. The van der Waals surface area contributed by atoms with E-state index in [0.717, 1.165) is 50.2 Å². The summed E-state index contributed by atoms with van der Waals surface area (Å²) >= 11 is 0. The number of hydrogen-bond acceptors (Lipinski definition) is 4. The number of urea groups is 1. The number of benzene rings is 3. The molecule has 6 aromatic rings. The summed E-state index contributed by atoms with van der Waals surface area (Å²) in [7, 11) is 0. The fraction of sp³-hybridized carbons (Fsp3) is 0.167. The molecule has 0 aliphatic rings. The Hall–Kier alpha value is -5.30. The van der Waals surface area contributed by atoms with Gasteiger partial charge in [0, 0.05) is 46.9 Å². The monoisotopic (exact) mass is 566 g/mol. The van der Waals surface area contributed by atoms with E-state index in [0.29, 0.717) is 17.9 Å². The van der Waals surface area contributed by atoms with Crippen LogP contribution in [0.15, 0.2) is 109 Å². The van der Waals surface area contributed by atoms with Gasteiger partial charge in [-0.15, -0.1) is 0 Å². The van der Waals surface area contributed by atoms with E-state index in [1.165, 1.54) is 0 Å². The van der Waals surface area contributed by atoms with Gasteiger partial charge in [-0.1, -0.05) is 80.9 Å². The van der Waals surface area contributed by atoms with E-state index >= 15 is 0 Å². The molecular formula is C36H34N6O. The van der Waals surface area contributed by atoms with Crippen molar-refractivity contribution in [3.63, 3.8) is 0 Å². The highest BCUT2D eigenvalue weighted by atomic mass is 16.2. The molecule has 2 amide bonds. The lowest BCUT2D eigenvalue weighted by Gasteiger charge is -2.14. The van der Waals surface area contributed by atoms with E-state index in [4.69, 9.17) is 10.1 Å². The summed E-state index contributed by atoms with van der Waals surface area (Å²) in [6.45, 7) is 8.37. The third-order valence-electron chi connectivity index (χ3n) is 7.36. The van der Waals surface area contributed by atoms with Crippen molar-refractivity contribution in [2.75, 3.05) is 10.6 Å². The maximum atomic E-state index is 13.4. The Morgan fingerprint density at radius 3 is 2.37 bits per heavy atom. The first kappa shape index (κ1) is 27.8. The third-order valence-corrected chi connectivity index (χ3v) is 7.36. The molecule has 7 nitrogen and oxygen atoms in total. The number of carbonyl (C=O) groups excluding carboxylic acids is 1. The lowest BCUT2D eigenvalue weighted by Crippen LogP contribution is -2.21. The number of aromatic nitrogens is 4. The molecule has 3 aromatic carbocycles. The zero-order valence-electron chi connectivity index (χ0n) is 24.8. The van der Waals surface area contributed by atoms with Gasteiger partial charge in [0.05, 0.1) is 22.8 Å². The van der Waals surface area contributed by atoms with Crippen molar-refractivity contribution in [1.29, 1.82) is 0 Å². The summed E-state index contributed by atoms with van der Waals surface area (Å²) in [6.07, 6.45) is 4.35. The molecule has 214 valence electrons. The molecule has 0 saturated heterocycles. The number of nitrogens with one attached hydrogen (secondary N) is 2. The van der Waals surface area contributed by atoms with Crippen LogP contribution in [0.25, 0.3) is 27.7 Å². The van der Waals surface area contributed by atoms with Crippen LogP contribution in [0.4, 0.5) is 16.3 Å². The Morgan fingerprint density at radius 2 is 1.63 bits per heavy atom. The summed E-state index contributed by atoms with van der Waals surface area (Å²) in [4.78, 5) is 22.6. The Morgan fingerprint density at radius 1 is 0.837 bits per heavy atom. The molecule has 2 N–H and O–H groups in total. The van der Waals surface area contributed by atoms with Crippen molar-refractivity contribution >= 4 is 28.3 Å². The minimum Gasteiger partial charge on any atom is -0.307 e. The molecule has 3 heterocycles. The van der Waals surface area contributed by atoms with Gasteiger partial charge in [0.1, 0.15) is 5.82 Å². The number of rotatable bonds is 6. The first-order chi connectivity index (χ1) is 20.7. The molecule has 0 unspecified atom stereocenters. The van der Waals surface area contributed by atoms with E-state index in [1.807, 2.05) is 98.0 Å². The fourth-order valence-corrected chi connectivity index (χ4v) is 5.06. The quantitative estimate of drug-likeness (QED) is 0.212. The molecule has 6 rings (SSSR count). The summed E-state index contributed by atoms with van der Waals surface area (Å²) in [6, 6.07) is 31.8. The van der Waals surface area contributed by atoms with Crippen molar-refractivity contribution < 1.29 is 4.79 Å². The average molecular weight is 567 g/mol. The van der Waals surface area contributed by atoms with Gasteiger partial charge in [-0.25, -0.2) is 9.48 Å². The predicted molar refractivity (Wildman–Crippen MR) is 174 cm³/mol. The Bertz CT molecular complexity index is 1900. The second-order valence-electron chi connectivity index (χ2n) is 11.7. The predicted octanol–water partition coefficient (Wildman–Crippen LogP) is 8.32. The van der Waals surface area contributed by atoms with Gasteiger partial charge in [-0.2, -0.15) is 5.10 Å². The van der Waals surface area contributed by atoms with Crippen LogP contribution in [-0.4, -0.2) is 25.8 Å². The number of carbonyl (C=O) groups is 1. The number of nitrogens with zero attached hydrogens (tertiary/aromatic N) is 4. The van der Waals surface area contributed by atoms with Gasteiger partial charge in [-0.05, 0) is 54.3 Å². The van der Waals surface area contributed by atoms with Crippen LogP contribution in [0.3, 0.4) is 0 Å². The summed E-state index contributed by atoms with van der Waals surface area (Å²) in [5.41, 5.74) is 7.41. The molecule has 43 heavy (non-hydrogen) atoms. The van der Waals surface area contributed by atoms with Gasteiger partial charge in [-0.3, -0.25) is 15.3 Å². The molecular weight excluding hydrogens is 532 g/mol. The Balaban J connectivity index is 1.29. The molecule has 0 atom stereocenters. The number of amides is 2. The van der Waals surface area contributed by atoms with Crippen molar-refractivity contribution in [1.82, 2.24) is 19.7 Å². The molecule has 7 heteroatoms. The van der Waals surface area contributed by atoms with Crippen LogP contribution in [0.1, 0.15) is 43.3 Å². The van der Waals surface area contributed by atoms with Crippen LogP contribution in [0.2, 0.25) is 0 Å². The van der Waals surface area contributed by atoms with Gasteiger partial charge < -0.3 is 5.32 Å². The Labute approximate surface area is 251 Å². The van der Waals surface area contributed by atoms with Crippen molar-refractivity contribution in [2.45, 2.75) is 39.5 Å². The normalized spacial score (nSPS) is 11.4.